The Hall–Kier alpha value is -2.50. The minimum atomic E-state index is -0.106. The third-order valence-electron chi connectivity index (χ3n) is 5.83. The number of rotatable bonds is 6. The Morgan fingerprint density at radius 2 is 1.83 bits per heavy atom. The number of piperidine rings is 1. The van der Waals surface area contributed by atoms with Crippen molar-refractivity contribution < 1.29 is 4.39 Å². The molecular weight excluding hydrogens is 363 g/mol. The molecule has 0 saturated carbocycles. The lowest BCUT2D eigenvalue weighted by Crippen LogP contribution is -2.45. The molecule has 0 amide bonds. The zero-order valence-corrected chi connectivity index (χ0v) is 17.3. The quantitative estimate of drug-likeness (QED) is 0.624. The summed E-state index contributed by atoms with van der Waals surface area (Å²) in [5.41, 5.74) is 4.24. The molecule has 3 aromatic rings. The van der Waals surface area contributed by atoms with Crippen molar-refractivity contribution in [3.05, 3.63) is 77.7 Å². The van der Waals surface area contributed by atoms with Gasteiger partial charge in [-0.15, -0.1) is 0 Å². The van der Waals surface area contributed by atoms with Gasteiger partial charge in [-0.05, 0) is 32.5 Å². The highest BCUT2D eigenvalue weighted by Gasteiger charge is 2.25. The number of nitrogens with zero attached hydrogens (tertiary/aromatic N) is 4. The molecule has 4 nitrogen and oxygen atoms in total. The van der Waals surface area contributed by atoms with E-state index in [1.165, 1.54) is 12.0 Å². The highest BCUT2D eigenvalue weighted by molar-refractivity contribution is 5.62. The molecule has 1 saturated heterocycles. The first-order valence-electron chi connectivity index (χ1n) is 10.3. The summed E-state index contributed by atoms with van der Waals surface area (Å²) < 4.78 is 15.9. The SMILES string of the molecule is CN(Cc1cn(C)nc1-c1ccccc1)[C@H]1CCCN(Cc2ccccc2F)C1. The van der Waals surface area contributed by atoms with E-state index < -0.39 is 0 Å². The number of hydrogen-bond donors (Lipinski definition) is 0. The van der Waals surface area contributed by atoms with E-state index in [1.807, 2.05) is 29.9 Å². The normalized spacial score (nSPS) is 17.7. The lowest BCUT2D eigenvalue weighted by molar-refractivity contribution is 0.106. The molecule has 1 atom stereocenters. The molecule has 4 rings (SSSR count). The molecule has 29 heavy (non-hydrogen) atoms. The molecule has 0 spiro atoms. The molecular formula is C24H29FN4. The summed E-state index contributed by atoms with van der Waals surface area (Å²) in [5, 5.41) is 4.70. The summed E-state index contributed by atoms with van der Waals surface area (Å²) in [4.78, 5) is 4.81. The predicted octanol–water partition coefficient (Wildman–Crippen LogP) is 4.32. The smallest absolute Gasteiger partial charge is 0.127 e. The lowest BCUT2D eigenvalue weighted by Gasteiger charge is -2.37. The van der Waals surface area contributed by atoms with E-state index in [1.54, 1.807) is 12.1 Å². The van der Waals surface area contributed by atoms with Crippen molar-refractivity contribution in [2.24, 2.45) is 7.05 Å². The minimum Gasteiger partial charge on any atom is -0.298 e. The van der Waals surface area contributed by atoms with E-state index in [0.29, 0.717) is 12.6 Å². The molecule has 1 fully saturated rings. The van der Waals surface area contributed by atoms with E-state index in [0.717, 1.165) is 42.9 Å². The fourth-order valence-corrected chi connectivity index (χ4v) is 4.29. The Morgan fingerprint density at radius 1 is 1.07 bits per heavy atom. The maximum Gasteiger partial charge on any atom is 0.127 e. The Labute approximate surface area is 172 Å². The Kier molecular flexibility index (Phi) is 6.07. The standard InChI is InChI=1S/C24H29FN4/c1-27(15-21-16-28(2)26-24(21)19-9-4-3-5-10-19)22-12-8-14-29(18-22)17-20-11-6-7-13-23(20)25/h3-7,9-11,13,16,22H,8,12,14-15,17-18H2,1-2H3/t22-/m0/s1. The van der Waals surface area contributed by atoms with Crippen molar-refractivity contribution in [3.63, 3.8) is 0 Å². The van der Waals surface area contributed by atoms with E-state index >= 15 is 0 Å². The van der Waals surface area contributed by atoms with Gasteiger partial charge in [0.25, 0.3) is 0 Å². The van der Waals surface area contributed by atoms with Gasteiger partial charge in [0, 0.05) is 55.6 Å². The molecule has 2 heterocycles. The fraction of sp³-hybridized carbons (Fsp3) is 0.375. The number of likely N-dealkylation sites (tertiary alicyclic amines) is 1. The number of likely N-dealkylation sites (N-methyl/N-ethyl adjacent to an activating group) is 1. The zero-order valence-electron chi connectivity index (χ0n) is 17.3. The first-order valence-corrected chi connectivity index (χ1v) is 10.3. The summed E-state index contributed by atoms with van der Waals surface area (Å²) >= 11 is 0. The Bertz CT molecular complexity index is 937. The zero-order chi connectivity index (χ0) is 20.2. The van der Waals surface area contributed by atoms with Gasteiger partial charge in [-0.2, -0.15) is 5.10 Å². The van der Waals surface area contributed by atoms with Gasteiger partial charge in [0.1, 0.15) is 5.82 Å². The third-order valence-corrected chi connectivity index (χ3v) is 5.83. The number of hydrogen-bond acceptors (Lipinski definition) is 3. The van der Waals surface area contributed by atoms with Crippen LogP contribution in [0.1, 0.15) is 24.0 Å². The van der Waals surface area contributed by atoms with Gasteiger partial charge in [-0.3, -0.25) is 14.5 Å². The molecule has 0 unspecified atom stereocenters. The number of aryl methyl sites for hydroxylation is 1. The van der Waals surface area contributed by atoms with Gasteiger partial charge in [0.05, 0.1) is 5.69 Å². The second-order valence-electron chi connectivity index (χ2n) is 8.08. The second kappa shape index (κ2) is 8.89. The van der Waals surface area contributed by atoms with Gasteiger partial charge in [-0.25, -0.2) is 4.39 Å². The van der Waals surface area contributed by atoms with Crippen LogP contribution >= 0.6 is 0 Å². The second-order valence-corrected chi connectivity index (χ2v) is 8.08. The summed E-state index contributed by atoms with van der Waals surface area (Å²) in [7, 11) is 4.17. The van der Waals surface area contributed by atoms with Crippen molar-refractivity contribution in [1.29, 1.82) is 0 Å². The predicted molar refractivity (Wildman–Crippen MR) is 115 cm³/mol. The van der Waals surface area contributed by atoms with Gasteiger partial charge < -0.3 is 0 Å². The van der Waals surface area contributed by atoms with Crippen molar-refractivity contribution in [1.82, 2.24) is 19.6 Å². The van der Waals surface area contributed by atoms with Crippen LogP contribution in [0.2, 0.25) is 0 Å². The topological polar surface area (TPSA) is 24.3 Å². The molecule has 152 valence electrons. The van der Waals surface area contributed by atoms with Gasteiger partial charge >= 0.3 is 0 Å². The van der Waals surface area contributed by atoms with Crippen LogP contribution < -0.4 is 0 Å². The molecule has 1 aromatic heterocycles. The first kappa shape index (κ1) is 19.8. The maximum absolute atomic E-state index is 14.0. The molecule has 0 N–H and O–H groups in total. The highest BCUT2D eigenvalue weighted by atomic mass is 19.1. The van der Waals surface area contributed by atoms with Crippen LogP contribution in [0, 0.1) is 5.82 Å². The van der Waals surface area contributed by atoms with Crippen LogP contribution in [0.25, 0.3) is 11.3 Å². The molecule has 2 aromatic carbocycles. The first-order chi connectivity index (χ1) is 14.1. The van der Waals surface area contributed by atoms with Crippen LogP contribution in [-0.2, 0) is 20.1 Å². The monoisotopic (exact) mass is 392 g/mol. The van der Waals surface area contributed by atoms with E-state index in [2.05, 4.69) is 47.3 Å². The van der Waals surface area contributed by atoms with E-state index in [-0.39, 0.29) is 5.82 Å². The average Bonchev–Trinajstić information content (AvgIpc) is 3.10. The van der Waals surface area contributed by atoms with Crippen LogP contribution in [-0.4, -0.2) is 45.8 Å². The van der Waals surface area contributed by atoms with Crippen molar-refractivity contribution >= 4 is 0 Å². The molecule has 1 aliphatic heterocycles. The van der Waals surface area contributed by atoms with Gasteiger partial charge in [0.2, 0.25) is 0 Å². The van der Waals surface area contributed by atoms with Crippen LogP contribution in [0.3, 0.4) is 0 Å². The maximum atomic E-state index is 14.0. The van der Waals surface area contributed by atoms with Crippen molar-refractivity contribution in [2.75, 3.05) is 20.1 Å². The Morgan fingerprint density at radius 3 is 2.62 bits per heavy atom. The number of benzene rings is 2. The number of aromatic nitrogens is 2. The molecule has 0 bridgehead atoms. The summed E-state index contributed by atoms with van der Waals surface area (Å²) in [5.74, 6) is -0.106. The highest BCUT2D eigenvalue weighted by Crippen LogP contribution is 2.25. The molecule has 0 radical (unpaired) electrons. The summed E-state index contributed by atoms with van der Waals surface area (Å²) in [6.07, 6.45) is 4.44. The molecule has 0 aliphatic carbocycles. The van der Waals surface area contributed by atoms with E-state index in [4.69, 9.17) is 5.10 Å². The third kappa shape index (κ3) is 4.74. The largest absolute Gasteiger partial charge is 0.298 e. The summed E-state index contributed by atoms with van der Waals surface area (Å²) in [6.45, 7) is 3.53. The van der Waals surface area contributed by atoms with Crippen LogP contribution in [0.4, 0.5) is 4.39 Å². The minimum absolute atomic E-state index is 0.106. The number of halogens is 1. The van der Waals surface area contributed by atoms with Crippen LogP contribution in [0.5, 0.6) is 0 Å². The van der Waals surface area contributed by atoms with Crippen molar-refractivity contribution in [2.45, 2.75) is 32.0 Å². The van der Waals surface area contributed by atoms with Crippen LogP contribution in [0.15, 0.2) is 60.8 Å². The fourth-order valence-electron chi connectivity index (χ4n) is 4.29. The van der Waals surface area contributed by atoms with E-state index in [9.17, 15) is 4.39 Å². The van der Waals surface area contributed by atoms with Gasteiger partial charge in [0.15, 0.2) is 0 Å². The molecule has 1 aliphatic rings. The Balaban J connectivity index is 1.44. The average molecular weight is 393 g/mol. The lowest BCUT2D eigenvalue weighted by atomic mass is 10.0. The summed E-state index contributed by atoms with van der Waals surface area (Å²) in [6, 6.07) is 17.9. The van der Waals surface area contributed by atoms with Gasteiger partial charge in [-0.1, -0.05) is 48.5 Å². The molecule has 5 heteroatoms. The van der Waals surface area contributed by atoms with Crippen molar-refractivity contribution in [3.8, 4) is 11.3 Å².